The summed E-state index contributed by atoms with van der Waals surface area (Å²) in [6.45, 7) is 1.74. The average molecular weight is 514 g/mol. The van der Waals surface area contributed by atoms with Gasteiger partial charge in [0.2, 0.25) is 5.91 Å². The van der Waals surface area contributed by atoms with Crippen molar-refractivity contribution in [2.24, 2.45) is 5.92 Å². The first-order chi connectivity index (χ1) is 15.9. The molecular weight excluding hydrogens is 486 g/mol. The molecule has 6 nitrogen and oxygen atoms in total. The number of benzene rings is 2. The van der Waals surface area contributed by atoms with E-state index >= 15 is 0 Å². The van der Waals surface area contributed by atoms with Gasteiger partial charge in [-0.25, -0.2) is 0 Å². The molecule has 0 saturated heterocycles. The SMILES string of the molecule is COC(=O)C(Cc1ccccc1Br)C(=O)N(Cc1ccccc1)[C@H]1C=C[C@@H](OC(C)=O)CC1. The number of carbonyl (C=O) groups is 3. The van der Waals surface area contributed by atoms with Gasteiger partial charge < -0.3 is 14.4 Å². The van der Waals surface area contributed by atoms with Gasteiger partial charge in [-0.15, -0.1) is 0 Å². The lowest BCUT2D eigenvalue weighted by atomic mass is 9.94. The number of carbonyl (C=O) groups excluding carboxylic acids is 3. The molecule has 0 spiro atoms. The number of ether oxygens (including phenoxy) is 2. The van der Waals surface area contributed by atoms with Crippen LogP contribution >= 0.6 is 15.9 Å². The van der Waals surface area contributed by atoms with Crippen molar-refractivity contribution in [2.75, 3.05) is 7.11 Å². The van der Waals surface area contributed by atoms with Crippen molar-refractivity contribution in [3.63, 3.8) is 0 Å². The van der Waals surface area contributed by atoms with Crippen LogP contribution in [0, 0.1) is 5.92 Å². The van der Waals surface area contributed by atoms with Crippen LogP contribution in [0.2, 0.25) is 0 Å². The second-order valence-corrected chi connectivity index (χ2v) is 8.85. The van der Waals surface area contributed by atoms with Crippen molar-refractivity contribution in [1.29, 1.82) is 0 Å². The van der Waals surface area contributed by atoms with Gasteiger partial charge in [-0.3, -0.25) is 14.4 Å². The Kier molecular flexibility index (Phi) is 8.83. The average Bonchev–Trinajstić information content (AvgIpc) is 2.82. The monoisotopic (exact) mass is 513 g/mol. The summed E-state index contributed by atoms with van der Waals surface area (Å²) in [5.74, 6) is -2.16. The maximum atomic E-state index is 13.8. The molecule has 33 heavy (non-hydrogen) atoms. The minimum Gasteiger partial charge on any atom is -0.468 e. The van der Waals surface area contributed by atoms with E-state index in [4.69, 9.17) is 9.47 Å². The van der Waals surface area contributed by atoms with Crippen molar-refractivity contribution in [3.8, 4) is 0 Å². The Hall–Kier alpha value is -2.93. The summed E-state index contributed by atoms with van der Waals surface area (Å²) in [6.07, 6.45) is 4.86. The van der Waals surface area contributed by atoms with Crippen molar-refractivity contribution < 1.29 is 23.9 Å². The molecule has 0 fully saturated rings. The van der Waals surface area contributed by atoms with E-state index in [9.17, 15) is 14.4 Å². The van der Waals surface area contributed by atoms with E-state index in [0.717, 1.165) is 15.6 Å². The van der Waals surface area contributed by atoms with E-state index in [2.05, 4.69) is 15.9 Å². The van der Waals surface area contributed by atoms with Gasteiger partial charge in [0.1, 0.15) is 12.0 Å². The Labute approximate surface area is 202 Å². The zero-order chi connectivity index (χ0) is 23.8. The Balaban J connectivity index is 1.90. The lowest BCUT2D eigenvalue weighted by Gasteiger charge is -2.35. The van der Waals surface area contributed by atoms with Crippen LogP contribution in [0.15, 0.2) is 71.2 Å². The smallest absolute Gasteiger partial charge is 0.318 e. The maximum absolute atomic E-state index is 13.8. The van der Waals surface area contributed by atoms with Crippen molar-refractivity contribution in [2.45, 2.75) is 44.9 Å². The molecule has 1 aliphatic rings. The molecule has 3 atom stereocenters. The Bertz CT molecular complexity index is 1010. The molecule has 0 heterocycles. The van der Waals surface area contributed by atoms with Crippen LogP contribution in [0.1, 0.15) is 30.9 Å². The Morgan fingerprint density at radius 1 is 1.03 bits per heavy atom. The van der Waals surface area contributed by atoms with Crippen LogP contribution in [0.4, 0.5) is 0 Å². The number of methoxy groups -OCH3 is 1. The van der Waals surface area contributed by atoms with Gasteiger partial charge in [0.25, 0.3) is 0 Å². The lowest BCUT2D eigenvalue weighted by Crippen LogP contribution is -2.46. The fourth-order valence-corrected chi connectivity index (χ4v) is 4.43. The van der Waals surface area contributed by atoms with Crippen LogP contribution in [-0.4, -0.2) is 42.0 Å². The summed E-state index contributed by atoms with van der Waals surface area (Å²) in [6, 6.07) is 17.0. The first kappa shape index (κ1) is 24.7. The third-order valence-corrected chi connectivity index (χ3v) is 6.43. The van der Waals surface area contributed by atoms with E-state index in [1.165, 1.54) is 14.0 Å². The highest BCUT2D eigenvalue weighted by atomic mass is 79.9. The van der Waals surface area contributed by atoms with E-state index in [-0.39, 0.29) is 30.4 Å². The number of nitrogens with zero attached hydrogens (tertiary/aromatic N) is 1. The van der Waals surface area contributed by atoms with E-state index in [0.29, 0.717) is 19.4 Å². The molecule has 1 aliphatic carbocycles. The second-order valence-electron chi connectivity index (χ2n) is 8.00. The van der Waals surface area contributed by atoms with Gasteiger partial charge in [0, 0.05) is 17.9 Å². The summed E-state index contributed by atoms with van der Waals surface area (Å²) < 4.78 is 11.1. The van der Waals surface area contributed by atoms with Crippen LogP contribution in [0.5, 0.6) is 0 Å². The highest BCUT2D eigenvalue weighted by molar-refractivity contribution is 9.10. The summed E-state index contributed by atoms with van der Waals surface area (Å²) in [5.41, 5.74) is 1.82. The number of halogens is 1. The summed E-state index contributed by atoms with van der Waals surface area (Å²) in [4.78, 5) is 39.6. The van der Waals surface area contributed by atoms with Gasteiger partial charge in [-0.05, 0) is 42.5 Å². The first-order valence-electron chi connectivity index (χ1n) is 10.9. The van der Waals surface area contributed by atoms with Crippen LogP contribution in [0.25, 0.3) is 0 Å². The molecule has 0 radical (unpaired) electrons. The molecule has 0 aliphatic heterocycles. The van der Waals surface area contributed by atoms with Crippen molar-refractivity contribution >= 4 is 33.8 Å². The molecule has 3 rings (SSSR count). The zero-order valence-corrected chi connectivity index (χ0v) is 20.4. The fraction of sp³-hybridized carbons (Fsp3) is 0.346. The Morgan fingerprint density at radius 3 is 2.33 bits per heavy atom. The highest BCUT2D eigenvalue weighted by Crippen LogP contribution is 2.26. The minimum atomic E-state index is -0.975. The largest absolute Gasteiger partial charge is 0.468 e. The van der Waals surface area contributed by atoms with Gasteiger partial charge in [0.05, 0.1) is 13.2 Å². The van der Waals surface area contributed by atoms with Crippen molar-refractivity contribution in [3.05, 3.63) is 82.3 Å². The Morgan fingerprint density at radius 2 is 1.73 bits per heavy atom. The van der Waals surface area contributed by atoms with E-state index < -0.39 is 11.9 Å². The topological polar surface area (TPSA) is 72.9 Å². The van der Waals surface area contributed by atoms with Gasteiger partial charge in [-0.2, -0.15) is 0 Å². The third kappa shape index (κ3) is 6.78. The summed E-state index contributed by atoms with van der Waals surface area (Å²) in [7, 11) is 1.30. The number of hydrogen-bond acceptors (Lipinski definition) is 5. The second kappa shape index (κ2) is 11.8. The zero-order valence-electron chi connectivity index (χ0n) is 18.8. The molecule has 2 aromatic carbocycles. The molecular formula is C26H28BrNO5. The van der Waals surface area contributed by atoms with Crippen LogP contribution in [0.3, 0.4) is 0 Å². The van der Waals surface area contributed by atoms with Crippen LogP contribution < -0.4 is 0 Å². The molecule has 2 aromatic rings. The molecule has 0 N–H and O–H groups in total. The van der Waals surface area contributed by atoms with Gasteiger partial charge >= 0.3 is 11.9 Å². The molecule has 0 bridgehead atoms. The number of rotatable bonds is 8. The first-order valence-corrected chi connectivity index (χ1v) is 11.7. The predicted molar refractivity (Wildman–Crippen MR) is 128 cm³/mol. The fourth-order valence-electron chi connectivity index (χ4n) is 3.99. The number of esters is 2. The van der Waals surface area contributed by atoms with Gasteiger partial charge in [0.15, 0.2) is 0 Å². The summed E-state index contributed by atoms with van der Waals surface area (Å²) >= 11 is 3.51. The third-order valence-electron chi connectivity index (χ3n) is 5.66. The van der Waals surface area contributed by atoms with Gasteiger partial charge in [-0.1, -0.05) is 70.5 Å². The molecule has 0 aromatic heterocycles. The maximum Gasteiger partial charge on any atom is 0.318 e. The number of hydrogen-bond donors (Lipinski definition) is 0. The van der Waals surface area contributed by atoms with E-state index in [1.807, 2.05) is 66.7 Å². The molecule has 1 unspecified atom stereocenters. The normalized spacial score (nSPS) is 18.3. The minimum absolute atomic E-state index is 0.226. The standard InChI is InChI=1S/C26H28BrNO5/c1-18(29)33-22-14-12-21(13-15-22)28(17-19-8-4-3-5-9-19)25(30)23(26(31)32-2)16-20-10-6-7-11-24(20)27/h3-12,14,21-23H,13,15-17H2,1-2H3/t21-,22+,23?/m0/s1. The molecule has 7 heteroatoms. The highest BCUT2D eigenvalue weighted by Gasteiger charge is 2.36. The lowest BCUT2D eigenvalue weighted by molar-refractivity contribution is -0.155. The van der Waals surface area contributed by atoms with Crippen molar-refractivity contribution in [1.82, 2.24) is 4.90 Å². The quantitative estimate of drug-likeness (QED) is 0.296. The predicted octanol–water partition coefficient (Wildman–Crippen LogP) is 4.46. The summed E-state index contributed by atoms with van der Waals surface area (Å²) in [5, 5.41) is 0. The van der Waals surface area contributed by atoms with Crippen LogP contribution in [-0.2, 0) is 36.8 Å². The molecule has 1 amide bonds. The van der Waals surface area contributed by atoms with E-state index in [1.54, 1.807) is 4.90 Å². The molecule has 0 saturated carbocycles. The molecule has 174 valence electrons. The number of amides is 1.